The summed E-state index contributed by atoms with van der Waals surface area (Å²) in [5.41, 5.74) is 0. The summed E-state index contributed by atoms with van der Waals surface area (Å²) >= 11 is -9.35. The molecule has 0 saturated carbocycles. The van der Waals surface area contributed by atoms with E-state index in [-0.39, 0.29) is 103 Å². The fraction of sp³-hybridized carbons (Fsp3) is 0. The molecule has 0 saturated heterocycles. The molecular weight excluding hydrogens is 229 g/mol. The molecule has 0 N–H and O–H groups in total. The van der Waals surface area contributed by atoms with Gasteiger partial charge in [-0.15, -0.1) is 0 Å². The monoisotopic (exact) mass is 229 g/mol. The van der Waals surface area contributed by atoms with Gasteiger partial charge in [0.15, 0.2) is 0 Å². The molecule has 9 heavy (non-hydrogen) atoms. The Balaban J connectivity index is -0.000000180. The van der Waals surface area contributed by atoms with Crippen molar-refractivity contribution in [3.63, 3.8) is 0 Å². The zero-order chi connectivity index (χ0) is 6.41. The summed E-state index contributed by atoms with van der Waals surface area (Å²) in [5, 5.41) is 0. The first-order valence-electron chi connectivity index (χ1n) is 0.926. The van der Waals surface area contributed by atoms with E-state index in [1.54, 1.807) is 0 Å². The molecule has 0 bridgehead atoms. The minimum atomic E-state index is -9.35. The van der Waals surface area contributed by atoms with Crippen LogP contribution in [0.25, 0.3) is 0 Å². The average molecular weight is 229 g/mol. The van der Waals surface area contributed by atoms with E-state index in [1.165, 1.54) is 0 Å². The molecule has 9 heteroatoms. The van der Waals surface area contributed by atoms with Crippen molar-refractivity contribution in [1.82, 2.24) is 0 Å². The summed E-state index contributed by atoms with van der Waals surface area (Å²) in [6.07, 6.45) is 0. The van der Waals surface area contributed by atoms with Crippen molar-refractivity contribution in [1.29, 1.82) is 0 Å². The van der Waals surface area contributed by atoms with Crippen molar-refractivity contribution in [2.75, 3.05) is 0 Å². The zero-order valence-corrected chi connectivity index (χ0v) is 12.3. The summed E-state index contributed by atoms with van der Waals surface area (Å²) in [5.74, 6) is 0. The summed E-state index contributed by atoms with van der Waals surface area (Å²) < 4.78 is 51.8. The molecule has 0 fully saturated rings. The fourth-order valence-corrected chi connectivity index (χ4v) is 0. The van der Waals surface area contributed by atoms with Gasteiger partial charge in [-0.2, -0.15) is 0 Å². The van der Waals surface area contributed by atoms with Crippen LogP contribution in [0, 0.1) is 0 Å². The molecule has 0 atom stereocenters. The van der Waals surface area contributed by atoms with Crippen LogP contribution >= 0.6 is 0 Å². The second-order valence-corrected chi connectivity index (χ2v) is 3.90. The van der Waals surface area contributed by atoms with Crippen LogP contribution in [0.4, 0.5) is 0 Å². The quantitative estimate of drug-likeness (QED) is 0.381. The summed E-state index contributed by atoms with van der Waals surface area (Å²) in [4.78, 5) is 0. The van der Waals surface area contributed by atoms with E-state index in [2.05, 4.69) is 0 Å². The molecule has 0 aliphatic rings. The van der Waals surface area contributed by atoms with Crippen molar-refractivity contribution in [3.05, 3.63) is 0 Å². The Morgan fingerprint density at radius 1 is 0.778 bits per heavy atom. The van der Waals surface area contributed by atoms with E-state index < -0.39 is 11.1 Å². The van der Waals surface area contributed by atoms with Crippen LogP contribution in [0.1, 0.15) is 0 Å². The van der Waals surface area contributed by atoms with Crippen LogP contribution < -0.4 is 111 Å². The predicted molar refractivity (Wildman–Crippen MR) is 2.75 cm³/mol. The predicted octanol–water partition coefficient (Wildman–Crippen LogP) is -8.85. The molecule has 0 aliphatic heterocycles. The molecule has 0 amide bonds. The van der Waals surface area contributed by atoms with Crippen molar-refractivity contribution in [3.8, 4) is 0 Å². The fourth-order valence-electron chi connectivity index (χ4n) is 0. The Bertz CT molecular complexity index is 323. The SMILES string of the molecule is [K+].[K+].[O]=[Mn](=[O])(=[O])(=[O])([O-])[O-]. The van der Waals surface area contributed by atoms with Crippen LogP contribution in [0.2, 0.25) is 0 Å². The summed E-state index contributed by atoms with van der Waals surface area (Å²) in [6.45, 7) is 0. The molecule has 0 heterocycles. The van der Waals surface area contributed by atoms with Gasteiger partial charge < -0.3 is 0 Å². The molecule has 0 aliphatic carbocycles. The van der Waals surface area contributed by atoms with Gasteiger partial charge >= 0.3 is 138 Å². The molecule has 0 radical (unpaired) electrons. The van der Waals surface area contributed by atoms with E-state index >= 15 is 0 Å². The van der Waals surface area contributed by atoms with Gasteiger partial charge in [-0.05, 0) is 0 Å². The van der Waals surface area contributed by atoms with E-state index in [4.69, 9.17) is 23.7 Å². The van der Waals surface area contributed by atoms with Crippen molar-refractivity contribution in [2.24, 2.45) is 0 Å². The maximum absolute atomic E-state index is 9.35. The van der Waals surface area contributed by atoms with Gasteiger partial charge in [-0.3, -0.25) is 0 Å². The van der Waals surface area contributed by atoms with E-state index in [0.717, 1.165) is 0 Å². The number of hydrogen-bond donors (Lipinski definition) is 0. The molecule has 6 nitrogen and oxygen atoms in total. The van der Waals surface area contributed by atoms with Crippen LogP contribution in [0.5, 0.6) is 0 Å². The molecular formula is K2MnO6. The van der Waals surface area contributed by atoms with Gasteiger partial charge in [0.05, 0.1) is 0 Å². The maximum atomic E-state index is 8.64. The third-order valence-corrected chi connectivity index (χ3v) is 0. The van der Waals surface area contributed by atoms with Gasteiger partial charge in [0.2, 0.25) is 0 Å². The molecule has 0 aromatic heterocycles. The minimum absolute atomic E-state index is 0. The summed E-state index contributed by atoms with van der Waals surface area (Å²) in [7, 11) is 0. The molecule has 0 aromatic rings. The van der Waals surface area contributed by atoms with Crippen molar-refractivity contribution >= 4 is 0 Å². The standard InChI is InChI=1S/2K.Mn.6O/q2*+1;;;;;;2*-1. The molecule has 0 unspecified atom stereocenters. The Labute approximate surface area is 134 Å². The topological polar surface area (TPSA) is 114 Å². The van der Waals surface area contributed by atoms with Gasteiger partial charge in [-0.1, -0.05) is 0 Å². The van der Waals surface area contributed by atoms with E-state index in [9.17, 15) is 0 Å². The molecule has 0 rings (SSSR count). The zero-order valence-electron chi connectivity index (χ0n) is 4.83. The normalized spacial score (nSPS) is 17.6. The Kier molecular flexibility index (Phi) is 6.63. The molecule has 45 valence electrons. The van der Waals surface area contributed by atoms with Crippen molar-refractivity contribution < 1.29 is 138 Å². The second kappa shape index (κ2) is 3.34. The first-order chi connectivity index (χ1) is 2.45. The second-order valence-electron chi connectivity index (χ2n) is 0.945. The number of rotatable bonds is 0. The Morgan fingerprint density at radius 3 is 0.778 bits per heavy atom. The van der Waals surface area contributed by atoms with Gasteiger partial charge in [0, 0.05) is 0 Å². The van der Waals surface area contributed by atoms with Crippen LogP contribution in [0.3, 0.4) is 0 Å². The van der Waals surface area contributed by atoms with E-state index in [0.29, 0.717) is 0 Å². The third-order valence-electron chi connectivity index (χ3n) is 0. The van der Waals surface area contributed by atoms with Gasteiger partial charge in [-0.25, -0.2) is 0 Å². The van der Waals surface area contributed by atoms with Gasteiger partial charge in [0.25, 0.3) is 0 Å². The number of hydrogen-bond acceptors (Lipinski definition) is 6. The van der Waals surface area contributed by atoms with Crippen molar-refractivity contribution in [2.45, 2.75) is 0 Å². The van der Waals surface area contributed by atoms with Crippen LogP contribution in [0.15, 0.2) is 0 Å². The third kappa shape index (κ3) is 102. The Morgan fingerprint density at radius 2 is 0.778 bits per heavy atom. The summed E-state index contributed by atoms with van der Waals surface area (Å²) in [6, 6.07) is 0. The van der Waals surface area contributed by atoms with E-state index in [1.807, 2.05) is 0 Å². The Hall–Kier alpha value is 2.91. The first kappa shape index (κ1) is 17.9. The first-order valence-corrected chi connectivity index (χ1v) is 3.82. The van der Waals surface area contributed by atoms with Gasteiger partial charge in [0.1, 0.15) is 0 Å². The molecule has 0 spiro atoms. The van der Waals surface area contributed by atoms with Crippen LogP contribution in [-0.2, 0) is 26.5 Å². The van der Waals surface area contributed by atoms with Crippen LogP contribution in [-0.4, -0.2) is 0 Å². The average Bonchev–Trinajstić information content (AvgIpc) is 0.592. The molecule has 0 aromatic carbocycles.